The van der Waals surface area contributed by atoms with Crippen molar-refractivity contribution in [2.45, 2.75) is 24.5 Å². The third kappa shape index (κ3) is 5.82. The van der Waals surface area contributed by atoms with Crippen LogP contribution in [0.2, 0.25) is 0 Å². The molecule has 134 valence electrons. The fourth-order valence-electron chi connectivity index (χ4n) is 2.14. The number of ether oxygens (including phenoxy) is 2. The summed E-state index contributed by atoms with van der Waals surface area (Å²) in [5, 5.41) is 17.6. The summed E-state index contributed by atoms with van der Waals surface area (Å²) in [4.78, 5) is 10.7. The maximum atomic E-state index is 10.7. The lowest BCUT2D eigenvalue weighted by Gasteiger charge is -2.08. The average molecular weight is 363 g/mol. The van der Waals surface area contributed by atoms with E-state index in [4.69, 9.17) is 14.6 Å². The summed E-state index contributed by atoms with van der Waals surface area (Å²) in [6.07, 6.45) is 3.20. The first kappa shape index (κ1) is 18.9. The molecule has 1 aromatic heterocycles. The molecule has 0 fully saturated rings. The molecule has 0 radical (unpaired) electrons. The van der Waals surface area contributed by atoms with Crippen LogP contribution in [0.3, 0.4) is 0 Å². The van der Waals surface area contributed by atoms with Gasteiger partial charge in [0, 0.05) is 13.0 Å². The van der Waals surface area contributed by atoms with Crippen LogP contribution in [-0.4, -0.2) is 45.3 Å². The van der Waals surface area contributed by atoms with Crippen LogP contribution in [0, 0.1) is 0 Å². The van der Waals surface area contributed by atoms with Crippen molar-refractivity contribution in [1.29, 1.82) is 0 Å². The first-order chi connectivity index (χ1) is 12.1. The fourth-order valence-corrected chi connectivity index (χ4v) is 2.83. The average Bonchev–Trinajstić information content (AvgIpc) is 2.99. The van der Waals surface area contributed by atoms with Gasteiger partial charge < -0.3 is 19.1 Å². The highest BCUT2D eigenvalue weighted by atomic mass is 32.2. The van der Waals surface area contributed by atoms with Gasteiger partial charge in [0.15, 0.2) is 5.16 Å². The van der Waals surface area contributed by atoms with E-state index < -0.39 is 5.97 Å². The largest absolute Gasteiger partial charge is 0.497 e. The van der Waals surface area contributed by atoms with Crippen LogP contribution in [0.15, 0.2) is 42.1 Å². The highest BCUT2D eigenvalue weighted by Gasteiger charge is 2.12. The Labute approximate surface area is 150 Å². The molecule has 2 aromatic rings. The number of nitrogens with zero attached hydrogens (tertiary/aromatic N) is 3. The van der Waals surface area contributed by atoms with Gasteiger partial charge in [-0.3, -0.25) is 4.79 Å². The molecule has 0 aliphatic carbocycles. The van der Waals surface area contributed by atoms with Crippen molar-refractivity contribution >= 4 is 17.7 Å². The minimum Gasteiger partial charge on any atom is -0.497 e. The molecule has 1 N–H and O–H groups in total. The van der Waals surface area contributed by atoms with Gasteiger partial charge in [0.2, 0.25) is 0 Å². The zero-order chi connectivity index (χ0) is 18.1. The number of hydrogen-bond donors (Lipinski definition) is 1. The van der Waals surface area contributed by atoms with Gasteiger partial charge in [0.1, 0.15) is 17.3 Å². The Morgan fingerprint density at radius 3 is 2.68 bits per heavy atom. The van der Waals surface area contributed by atoms with E-state index in [1.165, 1.54) is 0 Å². The van der Waals surface area contributed by atoms with Gasteiger partial charge in [0.25, 0.3) is 0 Å². The number of carboxylic acid groups (broad SMARTS) is 1. The fraction of sp³-hybridized carbons (Fsp3) is 0.353. The molecule has 0 aliphatic rings. The molecule has 25 heavy (non-hydrogen) atoms. The van der Waals surface area contributed by atoms with E-state index in [2.05, 4.69) is 16.8 Å². The topological polar surface area (TPSA) is 86.5 Å². The zero-order valence-electron chi connectivity index (χ0n) is 14.1. The number of carboxylic acids is 1. The molecule has 0 bridgehead atoms. The molecule has 0 amide bonds. The predicted molar refractivity (Wildman–Crippen MR) is 95.4 cm³/mol. The highest BCUT2D eigenvalue weighted by molar-refractivity contribution is 7.99. The number of methoxy groups -OCH3 is 1. The summed E-state index contributed by atoms with van der Waals surface area (Å²) >= 11 is 1.15. The Hall–Kier alpha value is -2.48. The molecule has 0 saturated carbocycles. The number of carbonyl (C=O) groups is 1. The molecule has 0 spiro atoms. The van der Waals surface area contributed by atoms with Crippen molar-refractivity contribution < 1.29 is 19.4 Å². The monoisotopic (exact) mass is 363 g/mol. The molecule has 0 saturated heterocycles. The number of aromatic nitrogens is 3. The minimum absolute atomic E-state index is 0.0458. The van der Waals surface area contributed by atoms with Crippen molar-refractivity contribution in [2.75, 3.05) is 19.5 Å². The Kier molecular flexibility index (Phi) is 7.34. The molecule has 2 rings (SSSR count). The first-order valence-electron chi connectivity index (χ1n) is 7.78. The smallest absolute Gasteiger partial charge is 0.313 e. The summed E-state index contributed by atoms with van der Waals surface area (Å²) in [5.41, 5.74) is 0. The summed E-state index contributed by atoms with van der Waals surface area (Å²) in [6, 6.07) is 7.42. The van der Waals surface area contributed by atoms with Crippen molar-refractivity contribution in [1.82, 2.24) is 14.8 Å². The zero-order valence-corrected chi connectivity index (χ0v) is 14.9. The molecule has 0 atom stereocenters. The van der Waals surface area contributed by atoms with E-state index >= 15 is 0 Å². The third-order valence-electron chi connectivity index (χ3n) is 3.30. The molecule has 1 heterocycles. The Bertz CT molecular complexity index is 700. The maximum Gasteiger partial charge on any atom is 0.313 e. The summed E-state index contributed by atoms with van der Waals surface area (Å²) in [5.74, 6) is 1.44. The van der Waals surface area contributed by atoms with Crippen LogP contribution >= 0.6 is 11.8 Å². The number of allylic oxidation sites excluding steroid dienone is 1. The van der Waals surface area contributed by atoms with Crippen LogP contribution in [0.4, 0.5) is 0 Å². The minimum atomic E-state index is -0.882. The van der Waals surface area contributed by atoms with Crippen LogP contribution in [0.1, 0.15) is 12.2 Å². The SMILES string of the molecule is C=CCn1c(CCCOc2ccc(OC)cc2)nnc1SCC(=O)O. The molecule has 8 heteroatoms. The number of hydrogen-bond acceptors (Lipinski definition) is 6. The number of rotatable bonds is 11. The number of thioether (sulfide) groups is 1. The normalized spacial score (nSPS) is 10.4. The number of aliphatic carboxylic acids is 1. The second-order valence-corrected chi connectivity index (χ2v) is 6.05. The Morgan fingerprint density at radius 2 is 2.04 bits per heavy atom. The summed E-state index contributed by atoms with van der Waals surface area (Å²) in [7, 11) is 1.62. The second kappa shape index (κ2) is 9.73. The van der Waals surface area contributed by atoms with Gasteiger partial charge >= 0.3 is 5.97 Å². The summed E-state index contributed by atoms with van der Waals surface area (Å²) < 4.78 is 12.7. The second-order valence-electron chi connectivity index (χ2n) is 5.11. The quantitative estimate of drug-likeness (QED) is 0.373. The van der Waals surface area contributed by atoms with Crippen LogP contribution < -0.4 is 9.47 Å². The van der Waals surface area contributed by atoms with E-state index in [9.17, 15) is 4.79 Å². The highest BCUT2D eigenvalue weighted by Crippen LogP contribution is 2.19. The Morgan fingerprint density at radius 1 is 1.32 bits per heavy atom. The predicted octanol–water partition coefficient (Wildman–Crippen LogP) is 2.66. The van der Waals surface area contributed by atoms with E-state index in [0.717, 1.165) is 35.5 Å². The number of aryl methyl sites for hydroxylation is 1. The molecular weight excluding hydrogens is 342 g/mol. The van der Waals surface area contributed by atoms with E-state index in [-0.39, 0.29) is 5.75 Å². The molecular formula is C17H21N3O4S. The Balaban J connectivity index is 1.86. The lowest BCUT2D eigenvalue weighted by molar-refractivity contribution is -0.133. The maximum absolute atomic E-state index is 10.7. The lowest BCUT2D eigenvalue weighted by atomic mass is 10.3. The molecule has 1 aromatic carbocycles. The van der Waals surface area contributed by atoms with Crippen molar-refractivity contribution in [2.24, 2.45) is 0 Å². The van der Waals surface area contributed by atoms with Gasteiger partial charge in [-0.05, 0) is 30.7 Å². The molecule has 7 nitrogen and oxygen atoms in total. The van der Waals surface area contributed by atoms with E-state index in [1.54, 1.807) is 13.2 Å². The van der Waals surface area contributed by atoms with Gasteiger partial charge in [-0.2, -0.15) is 0 Å². The van der Waals surface area contributed by atoms with E-state index in [0.29, 0.717) is 24.7 Å². The van der Waals surface area contributed by atoms with Crippen molar-refractivity contribution in [3.05, 3.63) is 42.7 Å². The number of benzene rings is 1. The molecule has 0 unspecified atom stereocenters. The van der Waals surface area contributed by atoms with Crippen LogP contribution in [-0.2, 0) is 17.8 Å². The third-order valence-corrected chi connectivity index (χ3v) is 4.25. The van der Waals surface area contributed by atoms with E-state index in [1.807, 2.05) is 28.8 Å². The summed E-state index contributed by atoms with van der Waals surface area (Å²) in [6.45, 7) is 4.82. The van der Waals surface area contributed by atoms with Crippen molar-refractivity contribution in [3.63, 3.8) is 0 Å². The van der Waals surface area contributed by atoms with Gasteiger partial charge in [-0.15, -0.1) is 16.8 Å². The van der Waals surface area contributed by atoms with Crippen LogP contribution in [0.5, 0.6) is 11.5 Å². The van der Waals surface area contributed by atoms with Gasteiger partial charge in [0.05, 0.1) is 19.5 Å². The first-order valence-corrected chi connectivity index (χ1v) is 8.77. The standard InChI is InChI=1S/C17H21N3O4S/c1-3-10-20-15(18-19-17(20)25-12-16(21)22)5-4-11-24-14-8-6-13(23-2)7-9-14/h3,6-9H,1,4-5,10-12H2,2H3,(H,21,22). The van der Waals surface area contributed by atoms with Gasteiger partial charge in [-0.1, -0.05) is 17.8 Å². The van der Waals surface area contributed by atoms with Crippen molar-refractivity contribution in [3.8, 4) is 11.5 Å². The lowest BCUT2D eigenvalue weighted by Crippen LogP contribution is -2.07. The van der Waals surface area contributed by atoms with Crippen LogP contribution in [0.25, 0.3) is 0 Å². The van der Waals surface area contributed by atoms with Gasteiger partial charge in [-0.25, -0.2) is 0 Å². The molecule has 0 aliphatic heterocycles.